The Morgan fingerprint density at radius 2 is 1.89 bits per heavy atom. The van der Waals surface area contributed by atoms with Crippen LogP contribution in [0.15, 0.2) is 48.5 Å². The van der Waals surface area contributed by atoms with Gasteiger partial charge in [0.1, 0.15) is 5.82 Å². The number of hydrogen-bond acceptors (Lipinski definition) is 7. The van der Waals surface area contributed by atoms with Crippen LogP contribution < -0.4 is 11.1 Å². The van der Waals surface area contributed by atoms with Crippen LogP contribution in [0.4, 0.5) is 22.0 Å². The lowest BCUT2D eigenvalue weighted by Crippen LogP contribution is -2.13. The molecule has 9 heteroatoms. The number of nitrogens with two attached hydrogens (primary N) is 1. The quantitative estimate of drug-likeness (QED) is 0.625. The van der Waals surface area contributed by atoms with Crippen molar-refractivity contribution in [3.05, 3.63) is 70.8 Å². The van der Waals surface area contributed by atoms with Crippen LogP contribution in [-0.2, 0) is 22.6 Å². The molecule has 138 valence electrons. The Hall–Kier alpha value is -3.26. The van der Waals surface area contributed by atoms with E-state index in [1.807, 2.05) is 30.3 Å². The Kier molecular flexibility index (Phi) is 5.77. The molecule has 1 heterocycles. The molecule has 0 saturated heterocycles. The second-order valence-electron chi connectivity index (χ2n) is 5.46. The first-order valence-corrected chi connectivity index (χ1v) is 8.30. The Morgan fingerprint density at radius 3 is 2.63 bits per heavy atom. The van der Waals surface area contributed by atoms with Crippen molar-refractivity contribution in [2.75, 3.05) is 11.1 Å². The molecule has 1 aromatic heterocycles. The Labute approximate surface area is 159 Å². The van der Waals surface area contributed by atoms with Gasteiger partial charge in [0.2, 0.25) is 11.9 Å². The van der Waals surface area contributed by atoms with E-state index in [0.29, 0.717) is 0 Å². The Balaban J connectivity index is 1.64. The average Bonchev–Trinajstić information content (AvgIpc) is 2.64. The molecule has 0 radical (unpaired) electrons. The number of halogens is 2. The van der Waals surface area contributed by atoms with Crippen molar-refractivity contribution in [2.45, 2.75) is 13.0 Å². The topological polar surface area (TPSA) is 103 Å². The van der Waals surface area contributed by atoms with Crippen LogP contribution in [0.1, 0.15) is 11.4 Å². The maximum Gasteiger partial charge on any atom is 0.310 e. The summed E-state index contributed by atoms with van der Waals surface area (Å²) >= 11 is 5.90. The molecule has 0 aliphatic heterocycles. The minimum absolute atomic E-state index is 0.0216. The van der Waals surface area contributed by atoms with Gasteiger partial charge in [-0.25, -0.2) is 4.39 Å². The fourth-order valence-corrected chi connectivity index (χ4v) is 2.48. The van der Waals surface area contributed by atoms with Gasteiger partial charge >= 0.3 is 5.97 Å². The van der Waals surface area contributed by atoms with E-state index in [2.05, 4.69) is 20.3 Å². The van der Waals surface area contributed by atoms with Crippen molar-refractivity contribution in [3.8, 4) is 0 Å². The molecule has 0 aliphatic carbocycles. The number of carbonyl (C=O) groups excluding carboxylic acids is 1. The number of anilines is 3. The summed E-state index contributed by atoms with van der Waals surface area (Å²) in [5.41, 5.74) is 6.51. The third-order valence-electron chi connectivity index (χ3n) is 3.47. The Morgan fingerprint density at radius 1 is 1.11 bits per heavy atom. The molecule has 0 spiro atoms. The van der Waals surface area contributed by atoms with Crippen molar-refractivity contribution >= 4 is 35.2 Å². The molecule has 3 rings (SSSR count). The summed E-state index contributed by atoms with van der Waals surface area (Å²) in [5.74, 6) is -0.880. The number of rotatable bonds is 6. The van der Waals surface area contributed by atoms with Crippen molar-refractivity contribution in [3.63, 3.8) is 0 Å². The molecule has 0 saturated carbocycles. The number of hydrogen-bond donors (Lipinski definition) is 2. The van der Waals surface area contributed by atoms with Crippen LogP contribution in [0.3, 0.4) is 0 Å². The van der Waals surface area contributed by atoms with Crippen LogP contribution in [0.5, 0.6) is 0 Å². The third-order valence-corrected chi connectivity index (χ3v) is 3.83. The third kappa shape index (κ3) is 5.11. The van der Waals surface area contributed by atoms with Gasteiger partial charge in [-0.15, -0.1) is 0 Å². The SMILES string of the molecule is Nc1nc(COC(=O)Cc2c(F)cccc2Cl)nc(Nc2ccccc2)n1. The fraction of sp³-hybridized carbons (Fsp3) is 0.111. The smallest absolute Gasteiger partial charge is 0.310 e. The first-order valence-electron chi connectivity index (χ1n) is 7.92. The minimum Gasteiger partial charge on any atom is -0.457 e. The molecule has 0 bridgehead atoms. The summed E-state index contributed by atoms with van der Waals surface area (Å²) < 4.78 is 18.8. The summed E-state index contributed by atoms with van der Waals surface area (Å²) in [7, 11) is 0. The number of nitrogens with one attached hydrogen (secondary N) is 1. The molecule has 0 fully saturated rings. The second-order valence-corrected chi connectivity index (χ2v) is 5.87. The predicted molar refractivity (Wildman–Crippen MR) is 98.9 cm³/mol. The molecule has 0 unspecified atom stereocenters. The molecule has 2 aromatic carbocycles. The number of carbonyl (C=O) groups is 1. The largest absolute Gasteiger partial charge is 0.457 e. The maximum absolute atomic E-state index is 13.7. The summed E-state index contributed by atoms with van der Waals surface area (Å²) in [5, 5.41) is 3.14. The zero-order chi connectivity index (χ0) is 19.2. The first kappa shape index (κ1) is 18.5. The van der Waals surface area contributed by atoms with E-state index in [-0.39, 0.29) is 41.3 Å². The molecular weight excluding hydrogens is 373 g/mol. The molecular formula is C18H15ClFN5O2. The van der Waals surface area contributed by atoms with Crippen LogP contribution in [-0.4, -0.2) is 20.9 Å². The standard InChI is InChI=1S/C18H15ClFN5O2/c19-13-7-4-8-14(20)12(13)9-16(26)27-10-15-23-17(21)25-18(24-15)22-11-5-2-1-3-6-11/h1-8H,9-10H2,(H3,21,22,23,24,25). The monoisotopic (exact) mass is 387 g/mol. The van der Waals surface area contributed by atoms with Gasteiger partial charge in [-0.1, -0.05) is 35.9 Å². The number of benzene rings is 2. The lowest BCUT2D eigenvalue weighted by molar-refractivity contribution is -0.144. The van der Waals surface area contributed by atoms with E-state index in [4.69, 9.17) is 22.1 Å². The zero-order valence-electron chi connectivity index (χ0n) is 14.0. The van der Waals surface area contributed by atoms with Gasteiger partial charge in [0.05, 0.1) is 6.42 Å². The van der Waals surface area contributed by atoms with Crippen LogP contribution in [0.2, 0.25) is 5.02 Å². The fourth-order valence-electron chi connectivity index (χ4n) is 2.25. The van der Waals surface area contributed by atoms with Gasteiger partial charge in [-0.2, -0.15) is 15.0 Å². The highest BCUT2D eigenvalue weighted by Crippen LogP contribution is 2.20. The lowest BCUT2D eigenvalue weighted by Gasteiger charge is -2.09. The summed E-state index contributed by atoms with van der Waals surface area (Å²) in [4.78, 5) is 24.0. The summed E-state index contributed by atoms with van der Waals surface area (Å²) in [6.45, 7) is -0.235. The van der Waals surface area contributed by atoms with E-state index in [1.165, 1.54) is 18.2 Å². The van der Waals surface area contributed by atoms with Crippen LogP contribution in [0, 0.1) is 5.82 Å². The normalized spacial score (nSPS) is 10.4. The van der Waals surface area contributed by atoms with Crippen molar-refractivity contribution < 1.29 is 13.9 Å². The molecule has 0 aliphatic rings. The van der Waals surface area contributed by atoms with Gasteiger partial charge in [0.25, 0.3) is 0 Å². The van der Waals surface area contributed by atoms with Gasteiger partial charge in [0, 0.05) is 16.3 Å². The van der Waals surface area contributed by atoms with Crippen LogP contribution >= 0.6 is 11.6 Å². The molecule has 3 aromatic rings. The average molecular weight is 388 g/mol. The molecule has 7 nitrogen and oxygen atoms in total. The zero-order valence-corrected chi connectivity index (χ0v) is 14.8. The number of ether oxygens (including phenoxy) is 1. The number of para-hydroxylation sites is 1. The first-order chi connectivity index (χ1) is 13.0. The van der Waals surface area contributed by atoms with Crippen molar-refractivity contribution in [2.24, 2.45) is 0 Å². The molecule has 3 N–H and O–H groups in total. The van der Waals surface area contributed by atoms with Gasteiger partial charge in [-0.05, 0) is 24.3 Å². The van der Waals surface area contributed by atoms with Gasteiger partial charge < -0.3 is 15.8 Å². The van der Waals surface area contributed by atoms with E-state index in [1.54, 1.807) is 0 Å². The number of aromatic nitrogens is 3. The maximum atomic E-state index is 13.7. The highest BCUT2D eigenvalue weighted by Gasteiger charge is 2.14. The number of nitrogen functional groups attached to an aromatic ring is 1. The number of nitrogens with zero attached hydrogens (tertiary/aromatic N) is 3. The van der Waals surface area contributed by atoms with E-state index in [0.717, 1.165) is 5.69 Å². The van der Waals surface area contributed by atoms with E-state index in [9.17, 15) is 9.18 Å². The highest BCUT2D eigenvalue weighted by molar-refractivity contribution is 6.31. The predicted octanol–water partition coefficient (Wildman–Crippen LogP) is 3.28. The van der Waals surface area contributed by atoms with Gasteiger partial charge in [0.15, 0.2) is 12.4 Å². The summed E-state index contributed by atoms with van der Waals surface area (Å²) in [6.07, 6.45) is -0.304. The molecule has 0 amide bonds. The molecule has 0 atom stereocenters. The lowest BCUT2D eigenvalue weighted by atomic mass is 10.1. The Bertz CT molecular complexity index is 935. The van der Waals surface area contributed by atoms with Crippen molar-refractivity contribution in [1.29, 1.82) is 0 Å². The highest BCUT2D eigenvalue weighted by atomic mass is 35.5. The van der Waals surface area contributed by atoms with Gasteiger partial charge in [-0.3, -0.25) is 4.79 Å². The second kappa shape index (κ2) is 8.41. The van der Waals surface area contributed by atoms with E-state index < -0.39 is 11.8 Å². The van der Waals surface area contributed by atoms with Crippen molar-refractivity contribution in [1.82, 2.24) is 15.0 Å². The number of esters is 1. The minimum atomic E-state index is -0.668. The van der Waals surface area contributed by atoms with Crippen LogP contribution in [0.25, 0.3) is 0 Å². The summed E-state index contributed by atoms with van der Waals surface area (Å²) in [6, 6.07) is 13.4. The molecule has 27 heavy (non-hydrogen) atoms. The van der Waals surface area contributed by atoms with E-state index >= 15 is 0 Å².